The highest BCUT2D eigenvalue weighted by atomic mass is 32.2. The van der Waals surface area contributed by atoms with Gasteiger partial charge in [0.15, 0.2) is 0 Å². The average molecular weight is 816 g/mol. The summed E-state index contributed by atoms with van der Waals surface area (Å²) < 4.78 is 45.6. The van der Waals surface area contributed by atoms with Crippen LogP contribution < -0.4 is 19.5 Å². The van der Waals surface area contributed by atoms with Crippen molar-refractivity contribution < 1.29 is 41.8 Å². The zero-order valence-electron chi connectivity index (χ0n) is 34.0. The Hall–Kier alpha value is -5.31. The molecule has 0 saturated heterocycles. The van der Waals surface area contributed by atoms with Crippen LogP contribution in [-0.2, 0) is 35.6 Å². The molecular formula is C43H53N5O9S. The van der Waals surface area contributed by atoms with Crippen LogP contribution in [0.3, 0.4) is 0 Å². The molecule has 3 aliphatic rings. The van der Waals surface area contributed by atoms with Crippen molar-refractivity contribution in [3.05, 3.63) is 66.7 Å². The van der Waals surface area contributed by atoms with Gasteiger partial charge >= 0.3 is 6.09 Å². The van der Waals surface area contributed by atoms with Gasteiger partial charge in [-0.25, -0.2) is 18.2 Å². The van der Waals surface area contributed by atoms with E-state index in [-0.39, 0.29) is 25.3 Å². The summed E-state index contributed by atoms with van der Waals surface area (Å²) in [6.07, 6.45) is 3.61. The van der Waals surface area contributed by atoms with E-state index in [4.69, 9.17) is 19.2 Å². The Morgan fingerprint density at radius 3 is 2.45 bits per heavy atom. The third kappa shape index (κ3) is 9.35. The van der Waals surface area contributed by atoms with Gasteiger partial charge in [0, 0.05) is 34.4 Å². The molecule has 2 saturated carbocycles. The van der Waals surface area contributed by atoms with Crippen LogP contribution in [0.15, 0.2) is 66.2 Å². The van der Waals surface area contributed by atoms with Crippen LogP contribution in [0.25, 0.3) is 22.2 Å². The summed E-state index contributed by atoms with van der Waals surface area (Å²) in [5.74, 6) is -1.66. The van der Waals surface area contributed by atoms with Crippen molar-refractivity contribution >= 4 is 50.5 Å². The monoisotopic (exact) mass is 815 g/mol. The molecule has 15 heteroatoms. The molecule has 2 fully saturated rings. The fourth-order valence-corrected chi connectivity index (χ4v) is 8.55. The van der Waals surface area contributed by atoms with Crippen LogP contribution in [0, 0.1) is 11.3 Å². The van der Waals surface area contributed by atoms with Crippen molar-refractivity contribution in [3.63, 3.8) is 0 Å². The number of amides is 4. The maximum Gasteiger partial charge on any atom is 0.434 e. The summed E-state index contributed by atoms with van der Waals surface area (Å²) in [4.78, 5) is 66.0. The normalized spacial score (nSPS) is 23.6. The maximum absolute atomic E-state index is 14.7. The predicted octanol–water partition coefficient (Wildman–Crippen LogP) is 5.91. The molecule has 0 unspecified atom stereocenters. The number of fused-ring (bicyclic) bond motifs is 1. The molecule has 2 heterocycles. The standard InChI is InChI=1S/C43H53N5O9S/c1-8-30-24-43(30,40(51)47-58(53,54)31-18-19-31)46-38(49)27(3)48-25-26(2)57-36-22-33(28-15-11-9-12-16-28)44-34-23-35(55-7)29(21-32(34)36)17-13-10-14-20-56-41(52)45-37(39(48)50)42(4,5)6/h8-9,11-12,15-16,21-23,26-27,30-31H,1,10,13-14,17-20,24-25H2,2-7H3,(H,46,49)(H,47,51)/b45-37-/t26-,27+,30-,43-/m1/s1. The first kappa shape index (κ1) is 42.3. The first-order chi connectivity index (χ1) is 27.5. The van der Waals surface area contributed by atoms with E-state index < -0.39 is 68.1 Å². The van der Waals surface area contributed by atoms with Gasteiger partial charge in [0.2, 0.25) is 15.9 Å². The number of ether oxygens (including phenoxy) is 3. The van der Waals surface area contributed by atoms with Crippen LogP contribution in [0.5, 0.6) is 11.5 Å². The van der Waals surface area contributed by atoms with Crippen LogP contribution in [0.1, 0.15) is 78.7 Å². The lowest BCUT2D eigenvalue weighted by Gasteiger charge is -2.34. The second-order valence-corrected chi connectivity index (χ2v) is 18.4. The number of sulfonamides is 1. The summed E-state index contributed by atoms with van der Waals surface area (Å²) in [6.45, 7) is 12.1. The molecule has 2 bridgehead atoms. The number of hydrogen-bond acceptors (Lipinski definition) is 10. The van der Waals surface area contributed by atoms with Crippen molar-refractivity contribution in [2.75, 3.05) is 20.3 Å². The van der Waals surface area contributed by atoms with Gasteiger partial charge in [-0.05, 0) is 70.4 Å². The number of carbonyl (C=O) groups excluding carboxylic acids is 4. The summed E-state index contributed by atoms with van der Waals surface area (Å²) in [5, 5.41) is 2.84. The van der Waals surface area contributed by atoms with Gasteiger partial charge < -0.3 is 24.4 Å². The molecule has 4 atom stereocenters. The largest absolute Gasteiger partial charge is 0.496 e. The number of nitrogens with one attached hydrogen (secondary N) is 2. The minimum Gasteiger partial charge on any atom is -0.496 e. The van der Waals surface area contributed by atoms with E-state index >= 15 is 0 Å². The van der Waals surface area contributed by atoms with Gasteiger partial charge in [-0.15, -0.1) is 6.58 Å². The van der Waals surface area contributed by atoms with E-state index in [0.717, 1.165) is 29.4 Å². The van der Waals surface area contributed by atoms with E-state index in [2.05, 4.69) is 21.6 Å². The van der Waals surface area contributed by atoms with Crippen LogP contribution in [0.2, 0.25) is 0 Å². The van der Waals surface area contributed by atoms with Crippen molar-refractivity contribution in [1.29, 1.82) is 0 Å². The minimum absolute atomic E-state index is 0.0949. The van der Waals surface area contributed by atoms with E-state index in [1.807, 2.05) is 48.5 Å². The van der Waals surface area contributed by atoms with Crippen molar-refractivity contribution in [3.8, 4) is 22.8 Å². The first-order valence-electron chi connectivity index (χ1n) is 19.8. The lowest BCUT2D eigenvalue weighted by atomic mass is 9.88. The number of benzene rings is 2. The molecule has 0 spiro atoms. The highest BCUT2D eigenvalue weighted by Gasteiger charge is 2.61. The van der Waals surface area contributed by atoms with Crippen LogP contribution in [-0.4, -0.2) is 91.0 Å². The van der Waals surface area contributed by atoms with Crippen molar-refractivity contribution in [2.45, 2.75) is 102 Å². The molecule has 58 heavy (non-hydrogen) atoms. The van der Waals surface area contributed by atoms with Crippen LogP contribution >= 0.6 is 0 Å². The Morgan fingerprint density at radius 1 is 1.09 bits per heavy atom. The summed E-state index contributed by atoms with van der Waals surface area (Å²) in [7, 11) is -2.30. The second kappa shape index (κ2) is 16.9. The smallest absolute Gasteiger partial charge is 0.434 e. The number of cyclic esters (lactones) is 1. The third-order valence-corrected chi connectivity index (χ3v) is 12.6. The Bertz CT molecular complexity index is 2230. The predicted molar refractivity (Wildman–Crippen MR) is 220 cm³/mol. The van der Waals surface area contributed by atoms with Gasteiger partial charge in [0.25, 0.3) is 11.8 Å². The average Bonchev–Trinajstić information content (AvgIpc) is 4.12. The highest BCUT2D eigenvalue weighted by molar-refractivity contribution is 7.91. The maximum atomic E-state index is 14.7. The molecule has 2 aromatic carbocycles. The van der Waals surface area contributed by atoms with Crippen molar-refractivity contribution in [2.24, 2.45) is 16.3 Å². The Kier molecular flexibility index (Phi) is 12.3. The SMILES string of the molecule is C=C[C@@H]1C[C@]1(NC(=O)[C@H](C)N1C[C@@H](C)Oc2cc(-c3ccccc3)nc3cc(OC)c(cc23)CCCCCOC(=O)/N=C(\C(C)(C)C)C1=O)C(=O)NS(=O)(=O)C1CC1. The third-order valence-electron chi connectivity index (χ3n) is 10.8. The number of hydrogen-bond donors (Lipinski definition) is 2. The number of carbonyl (C=O) groups is 4. The highest BCUT2D eigenvalue weighted by Crippen LogP contribution is 2.45. The van der Waals surface area contributed by atoms with E-state index in [1.165, 1.54) is 17.9 Å². The number of aliphatic imine (C=N–C) groups is 1. The molecular weight excluding hydrogens is 763 g/mol. The van der Waals surface area contributed by atoms with E-state index in [9.17, 15) is 27.6 Å². The first-order valence-corrected chi connectivity index (χ1v) is 21.3. The Labute approximate surface area is 339 Å². The minimum atomic E-state index is -3.92. The molecule has 2 N–H and O–H groups in total. The zero-order chi connectivity index (χ0) is 42.0. The zero-order valence-corrected chi connectivity index (χ0v) is 34.8. The summed E-state index contributed by atoms with van der Waals surface area (Å²) >= 11 is 0. The molecule has 3 aromatic rings. The van der Waals surface area contributed by atoms with Crippen LogP contribution in [0.4, 0.5) is 4.79 Å². The molecule has 4 amide bonds. The lowest BCUT2D eigenvalue weighted by molar-refractivity contribution is -0.138. The van der Waals surface area contributed by atoms with E-state index in [1.54, 1.807) is 34.8 Å². The van der Waals surface area contributed by atoms with E-state index in [0.29, 0.717) is 48.4 Å². The number of pyridine rings is 1. The van der Waals surface area contributed by atoms with Gasteiger partial charge in [0.1, 0.15) is 34.9 Å². The molecule has 1 aromatic heterocycles. The van der Waals surface area contributed by atoms with Gasteiger partial charge in [-0.3, -0.25) is 19.1 Å². The van der Waals surface area contributed by atoms with Gasteiger partial charge in [-0.1, -0.05) is 57.2 Å². The number of aromatic nitrogens is 1. The summed E-state index contributed by atoms with van der Waals surface area (Å²) in [5.41, 5.74) is 0.413. The molecule has 0 radical (unpaired) electrons. The topological polar surface area (TPSA) is 183 Å². The van der Waals surface area contributed by atoms with Gasteiger partial charge in [-0.2, -0.15) is 4.99 Å². The number of rotatable bonds is 9. The van der Waals surface area contributed by atoms with Gasteiger partial charge in [0.05, 0.1) is 36.7 Å². The Morgan fingerprint density at radius 2 is 1.81 bits per heavy atom. The number of nitrogens with zero attached hydrogens (tertiary/aromatic N) is 3. The lowest BCUT2D eigenvalue weighted by Crippen LogP contribution is -2.59. The molecule has 14 nitrogen and oxygen atoms in total. The molecule has 2 aliphatic carbocycles. The fourth-order valence-electron chi connectivity index (χ4n) is 7.19. The summed E-state index contributed by atoms with van der Waals surface area (Å²) in [6, 6.07) is 14.1. The molecule has 310 valence electrons. The Balaban J connectivity index is 1.39. The molecule has 1 aliphatic heterocycles. The number of methoxy groups -OCH3 is 1. The number of aryl methyl sites for hydroxylation is 1. The molecule has 6 rings (SSSR count). The fraction of sp³-hybridized carbons (Fsp3) is 0.488. The van der Waals surface area contributed by atoms with Crippen molar-refractivity contribution in [1.82, 2.24) is 19.9 Å². The second-order valence-electron chi connectivity index (χ2n) is 16.4. The quantitative estimate of drug-likeness (QED) is 0.246.